The summed E-state index contributed by atoms with van der Waals surface area (Å²) in [7, 11) is 0. The maximum absolute atomic E-state index is 11.8. The first-order valence-electron chi connectivity index (χ1n) is 4.71. The largest absolute Gasteiger partial charge is 0.872 e. The van der Waals surface area contributed by atoms with Crippen LogP contribution in [0.2, 0.25) is 0 Å². The monoisotopic (exact) mass is 231 g/mol. The van der Waals surface area contributed by atoms with Crippen LogP contribution >= 0.6 is 0 Å². The minimum Gasteiger partial charge on any atom is -0.872 e. The standard InChI is InChI=1S/C12H8O5/c13-8-2-3-9-10(5-8)17-6-7(12(9)16)1-4-11(14)15/h1-6,13H,(H,14,15)/p-1/b4-1+. The molecule has 0 atom stereocenters. The highest BCUT2D eigenvalue weighted by atomic mass is 16.4. The van der Waals surface area contributed by atoms with Crippen LogP contribution in [0, 0.1) is 0 Å². The van der Waals surface area contributed by atoms with E-state index in [-0.39, 0.29) is 27.7 Å². The van der Waals surface area contributed by atoms with Crippen LogP contribution in [0.1, 0.15) is 5.56 Å². The number of carboxylic acid groups (broad SMARTS) is 1. The van der Waals surface area contributed by atoms with Gasteiger partial charge in [-0.15, -0.1) is 5.75 Å². The third-order valence-corrected chi connectivity index (χ3v) is 2.18. The molecule has 0 radical (unpaired) electrons. The highest BCUT2D eigenvalue weighted by Crippen LogP contribution is 2.16. The molecule has 0 unspecified atom stereocenters. The zero-order chi connectivity index (χ0) is 12.4. The zero-order valence-corrected chi connectivity index (χ0v) is 8.54. The summed E-state index contributed by atoms with van der Waals surface area (Å²) in [6.07, 6.45) is 3.13. The van der Waals surface area contributed by atoms with Crippen molar-refractivity contribution in [2.45, 2.75) is 0 Å². The minimum atomic E-state index is -1.15. The van der Waals surface area contributed by atoms with Crippen molar-refractivity contribution in [1.29, 1.82) is 0 Å². The van der Waals surface area contributed by atoms with Crippen LogP contribution in [0.15, 0.2) is 39.7 Å². The minimum absolute atomic E-state index is 0.124. The molecule has 86 valence electrons. The third-order valence-electron chi connectivity index (χ3n) is 2.18. The molecule has 0 saturated heterocycles. The number of rotatable bonds is 2. The van der Waals surface area contributed by atoms with Crippen molar-refractivity contribution < 1.29 is 19.4 Å². The number of fused-ring (bicyclic) bond motifs is 1. The lowest BCUT2D eigenvalue weighted by atomic mass is 10.1. The van der Waals surface area contributed by atoms with Gasteiger partial charge in [-0.1, -0.05) is 6.07 Å². The fourth-order valence-electron chi connectivity index (χ4n) is 1.40. The Balaban J connectivity index is 2.62. The molecule has 1 aromatic heterocycles. The summed E-state index contributed by atoms with van der Waals surface area (Å²) in [6.45, 7) is 0. The molecule has 0 spiro atoms. The van der Waals surface area contributed by atoms with Crippen LogP contribution in [0.5, 0.6) is 5.75 Å². The quantitative estimate of drug-likeness (QED) is 0.777. The smallest absolute Gasteiger partial charge is 0.328 e. The summed E-state index contributed by atoms with van der Waals surface area (Å²) >= 11 is 0. The molecule has 0 aliphatic heterocycles. The van der Waals surface area contributed by atoms with Crippen LogP contribution in [0.3, 0.4) is 0 Å². The topological polar surface area (TPSA) is 90.6 Å². The molecule has 5 nitrogen and oxygen atoms in total. The van der Waals surface area contributed by atoms with Gasteiger partial charge >= 0.3 is 5.97 Å². The van der Waals surface area contributed by atoms with E-state index in [1.807, 2.05) is 0 Å². The van der Waals surface area contributed by atoms with Gasteiger partial charge in [-0.05, 0) is 18.2 Å². The van der Waals surface area contributed by atoms with Crippen LogP contribution < -0.4 is 10.5 Å². The van der Waals surface area contributed by atoms with Crippen LogP contribution in [-0.4, -0.2) is 11.1 Å². The van der Waals surface area contributed by atoms with Gasteiger partial charge in [0.1, 0.15) is 11.8 Å². The average molecular weight is 231 g/mol. The molecule has 2 rings (SSSR count). The van der Waals surface area contributed by atoms with Gasteiger partial charge in [0.05, 0.1) is 10.9 Å². The Bertz CT molecular complexity index is 666. The Morgan fingerprint density at radius 2 is 2.18 bits per heavy atom. The number of hydrogen-bond acceptors (Lipinski definition) is 4. The van der Waals surface area contributed by atoms with Gasteiger partial charge in [-0.25, -0.2) is 4.79 Å². The van der Waals surface area contributed by atoms with E-state index in [2.05, 4.69) is 0 Å². The first-order valence-corrected chi connectivity index (χ1v) is 4.71. The average Bonchev–Trinajstić information content (AvgIpc) is 2.27. The van der Waals surface area contributed by atoms with Crippen LogP contribution in [0.25, 0.3) is 17.0 Å². The molecule has 0 amide bonds. The summed E-state index contributed by atoms with van der Waals surface area (Å²) in [4.78, 5) is 22.2. The molecule has 0 saturated carbocycles. The zero-order valence-electron chi connectivity index (χ0n) is 8.54. The maximum Gasteiger partial charge on any atom is 0.328 e. The second kappa shape index (κ2) is 4.13. The van der Waals surface area contributed by atoms with E-state index in [1.54, 1.807) is 0 Å². The predicted molar refractivity (Wildman–Crippen MR) is 58.6 cm³/mol. The molecule has 1 N–H and O–H groups in total. The number of benzene rings is 1. The van der Waals surface area contributed by atoms with Crippen molar-refractivity contribution in [3.8, 4) is 5.75 Å². The first kappa shape index (κ1) is 10.9. The third kappa shape index (κ3) is 2.17. The number of carboxylic acids is 1. The molecule has 0 fully saturated rings. The van der Waals surface area contributed by atoms with Crippen LogP contribution in [0.4, 0.5) is 0 Å². The number of carbonyl (C=O) groups is 1. The van der Waals surface area contributed by atoms with Gasteiger partial charge in [0.15, 0.2) is 5.43 Å². The summed E-state index contributed by atoms with van der Waals surface area (Å²) in [5.74, 6) is -1.41. The van der Waals surface area contributed by atoms with Crippen molar-refractivity contribution >= 4 is 23.0 Å². The molecule has 17 heavy (non-hydrogen) atoms. The fourth-order valence-corrected chi connectivity index (χ4v) is 1.40. The lowest BCUT2D eigenvalue weighted by Crippen LogP contribution is -2.05. The van der Waals surface area contributed by atoms with Gasteiger partial charge in [-0.3, -0.25) is 4.79 Å². The highest BCUT2D eigenvalue weighted by molar-refractivity contribution is 5.86. The van der Waals surface area contributed by atoms with Crippen molar-refractivity contribution in [1.82, 2.24) is 0 Å². The molecule has 0 bridgehead atoms. The van der Waals surface area contributed by atoms with Gasteiger partial charge in [-0.2, -0.15) is 0 Å². The van der Waals surface area contributed by atoms with Gasteiger partial charge in [0.2, 0.25) is 0 Å². The Hall–Kier alpha value is -2.56. The van der Waals surface area contributed by atoms with Gasteiger partial charge in [0, 0.05) is 6.08 Å². The molecular formula is C12H7O5-. The fraction of sp³-hybridized carbons (Fsp3) is 0. The molecule has 0 aliphatic carbocycles. The summed E-state index contributed by atoms with van der Waals surface area (Å²) in [5.41, 5.74) is -0.0581. The summed E-state index contributed by atoms with van der Waals surface area (Å²) < 4.78 is 5.09. The Morgan fingerprint density at radius 1 is 1.41 bits per heavy atom. The van der Waals surface area contributed by atoms with Crippen LogP contribution in [-0.2, 0) is 4.79 Å². The highest BCUT2D eigenvalue weighted by Gasteiger charge is 2.04. The summed E-state index contributed by atoms with van der Waals surface area (Å²) in [5, 5.41) is 19.7. The van der Waals surface area contributed by atoms with E-state index in [1.165, 1.54) is 18.2 Å². The normalized spacial score (nSPS) is 11.1. The Kier molecular flexibility index (Phi) is 2.66. The van der Waals surface area contributed by atoms with Crippen molar-refractivity contribution in [2.75, 3.05) is 0 Å². The predicted octanol–water partition coefficient (Wildman–Crippen LogP) is 0.964. The van der Waals surface area contributed by atoms with Crippen molar-refractivity contribution in [3.05, 3.63) is 46.3 Å². The lowest BCUT2D eigenvalue weighted by Gasteiger charge is -2.05. The Morgan fingerprint density at radius 3 is 2.88 bits per heavy atom. The van der Waals surface area contributed by atoms with E-state index in [9.17, 15) is 14.7 Å². The second-order valence-electron chi connectivity index (χ2n) is 3.35. The van der Waals surface area contributed by atoms with E-state index in [0.717, 1.165) is 18.4 Å². The summed E-state index contributed by atoms with van der Waals surface area (Å²) in [6, 6.07) is 3.83. The van der Waals surface area contributed by atoms with Gasteiger partial charge in [0.25, 0.3) is 0 Å². The second-order valence-corrected chi connectivity index (χ2v) is 3.35. The molecular weight excluding hydrogens is 224 g/mol. The van der Waals surface area contributed by atoms with E-state index in [4.69, 9.17) is 9.52 Å². The SMILES string of the molecule is O=C(O)/C=C/c1coc2cc([O-])ccc2c1=O. The van der Waals surface area contributed by atoms with Gasteiger partial charge < -0.3 is 14.6 Å². The molecule has 0 aliphatic rings. The van der Waals surface area contributed by atoms with Crippen molar-refractivity contribution in [3.63, 3.8) is 0 Å². The van der Waals surface area contributed by atoms with E-state index < -0.39 is 5.97 Å². The molecule has 1 heterocycles. The number of hydrogen-bond donors (Lipinski definition) is 1. The first-order chi connectivity index (χ1) is 8.08. The van der Waals surface area contributed by atoms with E-state index >= 15 is 0 Å². The van der Waals surface area contributed by atoms with Crippen molar-refractivity contribution in [2.24, 2.45) is 0 Å². The van der Waals surface area contributed by atoms with E-state index in [0.29, 0.717) is 0 Å². The Labute approximate surface area is 95.2 Å². The number of aliphatic carboxylic acids is 1. The lowest BCUT2D eigenvalue weighted by molar-refractivity contribution is -0.268. The molecule has 2 aromatic rings. The molecule has 1 aromatic carbocycles. The maximum atomic E-state index is 11.8. The molecule has 5 heteroatoms.